The molecule has 19 heteroatoms. The van der Waals surface area contributed by atoms with Gasteiger partial charge >= 0.3 is 35.5 Å². The van der Waals surface area contributed by atoms with Gasteiger partial charge in [0.15, 0.2) is 11.9 Å². The van der Waals surface area contributed by atoms with Gasteiger partial charge in [0, 0.05) is 35.4 Å². The van der Waals surface area contributed by atoms with Gasteiger partial charge < -0.3 is 33.4 Å². The van der Waals surface area contributed by atoms with Crippen LogP contribution in [0.2, 0.25) is 0 Å². The molecule has 1 aliphatic heterocycles. The first-order valence-electron chi connectivity index (χ1n) is 17.1. The molecule has 2 aromatic carbocycles. The van der Waals surface area contributed by atoms with Gasteiger partial charge in [-0.25, -0.2) is 22.8 Å². The number of benzene rings is 2. The predicted octanol–water partition coefficient (Wildman–Crippen LogP) is 2.11. The minimum absolute atomic E-state index is 0. The summed E-state index contributed by atoms with van der Waals surface area (Å²) in [5.74, 6) is -3.19. The van der Waals surface area contributed by atoms with Crippen LogP contribution >= 0.6 is 19.6 Å². The third-order valence-electron chi connectivity index (χ3n) is 8.59. The van der Waals surface area contributed by atoms with Crippen molar-refractivity contribution < 1.29 is 80.6 Å². The van der Waals surface area contributed by atoms with E-state index in [0.29, 0.717) is 24.7 Å². The van der Waals surface area contributed by atoms with Gasteiger partial charge in [-0.15, -0.1) is 11.8 Å². The Hall–Kier alpha value is -2.85. The number of nitrogens with zero attached hydrogens (tertiary/aromatic N) is 5. The average Bonchev–Trinajstić information content (AvgIpc) is 3.64. The number of thioether (sulfide) groups is 1. The second kappa shape index (κ2) is 22.2. The number of phosphoric ester groups is 1. The molecule has 292 valence electrons. The molecule has 0 spiro atoms. The molecule has 0 radical (unpaired) electrons. The number of rotatable bonds is 19. The molecule has 0 saturated carbocycles. The van der Waals surface area contributed by atoms with Crippen LogP contribution in [-0.4, -0.2) is 86.3 Å². The molecular weight excluding hydrogens is 773 g/mol. The van der Waals surface area contributed by atoms with Crippen LogP contribution in [0.4, 0.5) is 13.2 Å². The smallest absolute Gasteiger partial charge is 0.756 e. The fraction of sp³-hybridized carbons (Fsp3) is 0.444. The number of hydrogen-bond acceptors (Lipinski definition) is 12. The number of ether oxygens (including phenoxy) is 3. The maximum absolute atomic E-state index is 15.7. The van der Waals surface area contributed by atoms with E-state index in [1.165, 1.54) is 53.4 Å². The molecule has 0 amide bonds. The molecule has 0 bridgehead atoms. The third kappa shape index (κ3) is 14.2. The van der Waals surface area contributed by atoms with Crippen LogP contribution in [0.3, 0.4) is 0 Å². The van der Waals surface area contributed by atoms with Gasteiger partial charge in [0.25, 0.3) is 7.82 Å². The second-order valence-electron chi connectivity index (χ2n) is 12.3. The molecule has 1 fully saturated rings. The SMILES string of the molecule is CCN(CC)CC(CCC(=O)O[C@@](Cn1cncn1)(c1ccc(F)cc1F)[C@@H](C)S[C@H]1CO[C@H](/C=C/C=C/c2ccc(C#N)cc2F)OC1)OP(=O)([O-])O.[Na+]. The van der Waals surface area contributed by atoms with Gasteiger partial charge in [-0.3, -0.25) is 9.36 Å². The number of esters is 1. The van der Waals surface area contributed by atoms with Crippen molar-refractivity contribution in [2.75, 3.05) is 32.8 Å². The summed E-state index contributed by atoms with van der Waals surface area (Å²) in [7, 11) is -5.15. The van der Waals surface area contributed by atoms with Gasteiger partial charge in [0.1, 0.15) is 30.1 Å². The van der Waals surface area contributed by atoms with Gasteiger partial charge in [-0.1, -0.05) is 38.1 Å². The Morgan fingerprint density at radius 1 is 1.20 bits per heavy atom. The summed E-state index contributed by atoms with van der Waals surface area (Å²) < 4.78 is 79.9. The minimum Gasteiger partial charge on any atom is -0.756 e. The van der Waals surface area contributed by atoms with E-state index in [0.717, 1.165) is 12.1 Å². The van der Waals surface area contributed by atoms with Crippen LogP contribution in [-0.2, 0) is 40.2 Å². The number of carbonyl (C=O) groups excluding carboxylic acids is 1. The van der Waals surface area contributed by atoms with Crippen molar-refractivity contribution in [3.8, 4) is 6.07 Å². The van der Waals surface area contributed by atoms with Crippen LogP contribution in [0, 0.1) is 28.8 Å². The predicted molar refractivity (Wildman–Crippen MR) is 192 cm³/mol. The fourth-order valence-electron chi connectivity index (χ4n) is 5.79. The van der Waals surface area contributed by atoms with E-state index in [1.807, 2.05) is 24.8 Å². The molecule has 0 aliphatic carbocycles. The van der Waals surface area contributed by atoms with Crippen molar-refractivity contribution in [1.82, 2.24) is 19.7 Å². The Kier molecular flexibility index (Phi) is 18.8. The maximum atomic E-state index is 15.7. The Morgan fingerprint density at radius 2 is 1.93 bits per heavy atom. The van der Waals surface area contributed by atoms with E-state index in [9.17, 15) is 27.9 Å². The summed E-state index contributed by atoms with van der Waals surface area (Å²) in [5.41, 5.74) is -1.43. The normalized spacial score (nSPS) is 19.3. The number of hydrogen-bond donors (Lipinski definition) is 1. The zero-order chi connectivity index (χ0) is 39.3. The molecule has 1 aromatic heterocycles. The number of allylic oxidation sites excluding steroid dienone is 2. The minimum atomic E-state index is -5.15. The standard InChI is InChI=1S/C36H43F3N5O8PS.Na/c1-4-43(5-2)19-29(52-53(46,47)48)13-15-34(45)51-36(22-44-24-41-23-42-44,31-14-12-28(37)17-33(31)39)25(3)54-30-20-49-35(50-21-30)9-7-6-8-27-11-10-26(18-40)16-32(27)38;/h6-12,14,16-17,23-25,29-30,35H,4-5,13,15,19-22H2,1-3H3,(H2,46,47,48);/q;+1/p-1/b8-6+,9-7+;/t25-,29?,30-,35-,36-;/m1./s1. The zero-order valence-electron chi connectivity index (χ0n) is 30.9. The van der Waals surface area contributed by atoms with Crippen molar-refractivity contribution in [2.45, 2.75) is 68.7 Å². The van der Waals surface area contributed by atoms with E-state index in [2.05, 4.69) is 10.1 Å². The van der Waals surface area contributed by atoms with E-state index in [-0.39, 0.29) is 85.1 Å². The van der Waals surface area contributed by atoms with Crippen molar-refractivity contribution in [3.05, 3.63) is 101 Å². The number of carbonyl (C=O) groups is 1. The van der Waals surface area contributed by atoms with Crippen LogP contribution < -0.4 is 34.5 Å². The average molecular weight is 816 g/mol. The largest absolute Gasteiger partial charge is 1.00 e. The zero-order valence-corrected chi connectivity index (χ0v) is 34.6. The molecule has 55 heavy (non-hydrogen) atoms. The summed E-state index contributed by atoms with van der Waals surface area (Å²) in [6.07, 6.45) is 6.66. The van der Waals surface area contributed by atoms with Gasteiger partial charge in [-0.2, -0.15) is 10.4 Å². The molecule has 1 saturated heterocycles. The summed E-state index contributed by atoms with van der Waals surface area (Å²) in [6, 6.07) is 8.97. The molecule has 2 unspecified atom stereocenters. The number of phosphoric acid groups is 1. The Labute approximate surface area is 344 Å². The quantitative estimate of drug-likeness (QED) is 0.0809. The van der Waals surface area contributed by atoms with Crippen molar-refractivity contribution in [1.29, 1.82) is 5.26 Å². The van der Waals surface area contributed by atoms with Crippen LogP contribution in [0.5, 0.6) is 0 Å². The van der Waals surface area contributed by atoms with Crippen molar-refractivity contribution in [3.63, 3.8) is 0 Å². The van der Waals surface area contributed by atoms with Crippen LogP contribution in [0.15, 0.2) is 67.3 Å². The Morgan fingerprint density at radius 3 is 2.53 bits per heavy atom. The summed E-state index contributed by atoms with van der Waals surface area (Å²) in [4.78, 5) is 40.6. The molecule has 4 rings (SSSR count). The molecule has 1 N–H and O–H groups in total. The van der Waals surface area contributed by atoms with E-state index >= 15 is 4.39 Å². The number of aromatic nitrogens is 3. The van der Waals surface area contributed by atoms with Gasteiger partial charge in [0.2, 0.25) is 0 Å². The topological polar surface area (TPSA) is 172 Å². The van der Waals surface area contributed by atoms with Crippen molar-refractivity contribution in [2.24, 2.45) is 0 Å². The Bertz CT molecular complexity index is 1840. The van der Waals surface area contributed by atoms with Gasteiger partial charge in [0.05, 0.1) is 42.7 Å². The third-order valence-corrected chi connectivity index (χ3v) is 10.6. The fourth-order valence-corrected chi connectivity index (χ4v) is 7.70. The summed E-state index contributed by atoms with van der Waals surface area (Å²) >= 11 is 1.28. The first-order valence-corrected chi connectivity index (χ1v) is 19.6. The molecule has 2 heterocycles. The molecule has 3 aromatic rings. The van der Waals surface area contributed by atoms with Crippen molar-refractivity contribution >= 4 is 31.6 Å². The molecule has 13 nitrogen and oxygen atoms in total. The number of nitriles is 1. The van der Waals surface area contributed by atoms with E-state index in [1.54, 1.807) is 25.2 Å². The molecule has 1 aliphatic rings. The first-order chi connectivity index (χ1) is 25.7. The second-order valence-corrected chi connectivity index (χ2v) is 15.1. The molecular formula is C36H42F3N5NaO8PS. The first kappa shape index (κ1) is 46.5. The van der Waals surface area contributed by atoms with Crippen LogP contribution in [0.25, 0.3) is 6.08 Å². The maximum Gasteiger partial charge on any atom is 1.00 e. The van der Waals surface area contributed by atoms with Gasteiger partial charge in [-0.05, 0) is 56.8 Å². The monoisotopic (exact) mass is 815 g/mol. The van der Waals surface area contributed by atoms with E-state index < -0.39 is 54.5 Å². The summed E-state index contributed by atoms with van der Waals surface area (Å²) in [5, 5.41) is 12.0. The number of likely N-dealkylation sites (N-methyl/N-ethyl adjacent to an activating group) is 1. The van der Waals surface area contributed by atoms with E-state index in [4.69, 9.17) is 24.0 Å². The number of halogens is 3. The Balaban J connectivity index is 0.00000812. The van der Waals surface area contributed by atoms with Crippen LogP contribution in [0.1, 0.15) is 50.3 Å². The molecule has 4 atom stereocenters. The summed E-state index contributed by atoms with van der Waals surface area (Å²) in [6.45, 7) is 6.77.